The van der Waals surface area contributed by atoms with E-state index in [1.807, 2.05) is 36.3 Å². The molecule has 8 nitrogen and oxygen atoms in total. The molecule has 1 saturated heterocycles. The summed E-state index contributed by atoms with van der Waals surface area (Å²) in [5.41, 5.74) is 5.00. The molecule has 1 aromatic heterocycles. The first kappa shape index (κ1) is 21.6. The van der Waals surface area contributed by atoms with Crippen LogP contribution in [-0.2, 0) is 25.0 Å². The highest BCUT2D eigenvalue weighted by Crippen LogP contribution is 2.30. The highest BCUT2D eigenvalue weighted by molar-refractivity contribution is 5.80. The molecule has 0 radical (unpaired) electrons. The first-order valence-electron chi connectivity index (χ1n) is 11.1. The molecule has 4 rings (SSSR count). The summed E-state index contributed by atoms with van der Waals surface area (Å²) in [4.78, 5) is 15.6. The Morgan fingerprint density at radius 3 is 2.48 bits per heavy atom. The number of ether oxygens (including phenoxy) is 1. The lowest BCUT2D eigenvalue weighted by Gasteiger charge is -2.33. The van der Waals surface area contributed by atoms with Gasteiger partial charge in [-0.3, -0.25) is 4.68 Å². The van der Waals surface area contributed by atoms with Crippen LogP contribution in [0.1, 0.15) is 37.8 Å². The van der Waals surface area contributed by atoms with Crippen LogP contribution < -0.4 is 10.2 Å². The van der Waals surface area contributed by atoms with Crippen molar-refractivity contribution in [3.63, 3.8) is 0 Å². The quantitative estimate of drug-likeness (QED) is 0.734. The third kappa shape index (κ3) is 5.57. The first-order valence-corrected chi connectivity index (χ1v) is 11.1. The van der Waals surface area contributed by atoms with Gasteiger partial charge in [0.25, 0.3) is 0 Å². The summed E-state index contributed by atoms with van der Waals surface area (Å²) >= 11 is 0. The van der Waals surface area contributed by atoms with E-state index < -0.39 is 5.72 Å². The number of aliphatic imine (C=N–C) groups is 1. The molecule has 31 heavy (non-hydrogen) atoms. The number of aromatic nitrogens is 2. The first-order chi connectivity index (χ1) is 14.9. The molecule has 2 aliphatic heterocycles. The number of likely N-dealkylation sites (tertiary alicyclic amines) is 1. The molecule has 1 aromatic carbocycles. The highest BCUT2D eigenvalue weighted by atomic mass is 16.7. The van der Waals surface area contributed by atoms with Crippen molar-refractivity contribution in [3.8, 4) is 5.75 Å². The Balaban J connectivity index is 1.49. The Hall–Kier alpha value is -2.58. The van der Waals surface area contributed by atoms with Crippen LogP contribution in [-0.4, -0.2) is 58.0 Å². The van der Waals surface area contributed by atoms with Crippen LogP contribution in [0.3, 0.4) is 0 Å². The molecule has 1 fully saturated rings. The Bertz CT molecular complexity index is 884. The van der Waals surface area contributed by atoms with Gasteiger partial charge in [-0.1, -0.05) is 26.0 Å². The van der Waals surface area contributed by atoms with Gasteiger partial charge in [-0.2, -0.15) is 5.10 Å². The average Bonchev–Trinajstić information content (AvgIpc) is 3.36. The third-order valence-electron chi connectivity index (χ3n) is 5.72. The maximum atomic E-state index is 6.01. The molecule has 2 aromatic rings. The van der Waals surface area contributed by atoms with E-state index in [0.717, 1.165) is 49.8 Å². The van der Waals surface area contributed by atoms with Crippen LogP contribution in [0.15, 0.2) is 41.7 Å². The molecule has 0 bridgehead atoms. The SMILES string of the molecule is CC(C)COc1ccc(CN(Cc2cnn(C)c2)C2=NC3(CCN(C)CC3)ON2)cc1. The van der Waals surface area contributed by atoms with Gasteiger partial charge in [-0.25, -0.2) is 15.3 Å². The van der Waals surface area contributed by atoms with Gasteiger partial charge >= 0.3 is 0 Å². The lowest BCUT2D eigenvalue weighted by molar-refractivity contribution is -0.0875. The molecule has 0 saturated carbocycles. The van der Waals surface area contributed by atoms with Crippen LogP contribution in [0.2, 0.25) is 0 Å². The van der Waals surface area contributed by atoms with Gasteiger partial charge in [0.05, 0.1) is 12.8 Å². The number of nitrogens with one attached hydrogen (secondary N) is 1. The van der Waals surface area contributed by atoms with Gasteiger partial charge in [0.2, 0.25) is 5.96 Å². The second-order valence-corrected chi connectivity index (χ2v) is 9.12. The number of hydroxylamine groups is 1. The van der Waals surface area contributed by atoms with Crippen molar-refractivity contribution in [2.45, 2.75) is 45.5 Å². The largest absolute Gasteiger partial charge is 0.493 e. The smallest absolute Gasteiger partial charge is 0.222 e. The van der Waals surface area contributed by atoms with Crippen molar-refractivity contribution in [2.75, 3.05) is 26.7 Å². The Morgan fingerprint density at radius 2 is 1.84 bits per heavy atom. The summed E-state index contributed by atoms with van der Waals surface area (Å²) in [6.07, 6.45) is 5.72. The fourth-order valence-electron chi connectivity index (χ4n) is 3.85. The topological polar surface area (TPSA) is 67.2 Å². The number of guanidine groups is 1. The van der Waals surface area contributed by atoms with Crippen molar-refractivity contribution in [1.29, 1.82) is 0 Å². The number of hydrogen-bond acceptors (Lipinski definition) is 7. The minimum absolute atomic E-state index is 0.455. The molecular formula is C23H34N6O2. The Morgan fingerprint density at radius 1 is 1.13 bits per heavy atom. The van der Waals surface area contributed by atoms with E-state index in [4.69, 9.17) is 14.6 Å². The fourth-order valence-corrected chi connectivity index (χ4v) is 3.85. The van der Waals surface area contributed by atoms with Gasteiger partial charge in [0.15, 0.2) is 5.72 Å². The van der Waals surface area contributed by atoms with Gasteiger partial charge in [-0.15, -0.1) is 0 Å². The zero-order valence-electron chi connectivity index (χ0n) is 19.0. The molecule has 2 aliphatic rings. The molecule has 1 spiro atoms. The minimum atomic E-state index is -0.455. The van der Waals surface area contributed by atoms with Gasteiger partial charge in [0.1, 0.15) is 5.75 Å². The van der Waals surface area contributed by atoms with Crippen LogP contribution >= 0.6 is 0 Å². The van der Waals surface area contributed by atoms with Crippen molar-refractivity contribution >= 4 is 5.96 Å². The maximum Gasteiger partial charge on any atom is 0.222 e. The zero-order valence-corrected chi connectivity index (χ0v) is 19.0. The van der Waals surface area contributed by atoms with E-state index >= 15 is 0 Å². The van der Waals surface area contributed by atoms with Gasteiger partial charge < -0.3 is 14.5 Å². The minimum Gasteiger partial charge on any atom is -0.493 e. The van der Waals surface area contributed by atoms with E-state index in [9.17, 15) is 0 Å². The molecular weight excluding hydrogens is 392 g/mol. The molecule has 0 amide bonds. The second kappa shape index (κ2) is 9.28. The van der Waals surface area contributed by atoms with Gasteiger partial charge in [-0.05, 0) is 30.7 Å². The molecule has 0 unspecified atom stereocenters. The monoisotopic (exact) mass is 426 g/mol. The Kier molecular flexibility index (Phi) is 6.48. The zero-order chi connectivity index (χ0) is 21.8. The predicted molar refractivity (Wildman–Crippen MR) is 120 cm³/mol. The number of piperidine rings is 1. The van der Waals surface area contributed by atoms with E-state index in [1.54, 1.807) is 0 Å². The molecule has 0 aliphatic carbocycles. The lowest BCUT2D eigenvalue weighted by atomic mass is 10.0. The van der Waals surface area contributed by atoms with Crippen molar-refractivity contribution in [3.05, 3.63) is 47.8 Å². The standard InChI is InChI=1S/C23H34N6O2/c1-18(2)17-30-21-7-5-19(6-8-21)15-29(16-20-13-24-28(4)14-20)22-25-23(31-26-22)9-11-27(3)12-10-23/h5-8,13-14,18H,9-12,15-17H2,1-4H3,(H,25,26). The molecule has 168 valence electrons. The molecule has 1 N–H and O–H groups in total. The summed E-state index contributed by atoms with van der Waals surface area (Å²) < 4.78 is 7.65. The van der Waals surface area contributed by atoms with Crippen LogP contribution in [0.4, 0.5) is 0 Å². The molecule has 3 heterocycles. The van der Waals surface area contributed by atoms with E-state index in [2.05, 4.69) is 53.4 Å². The molecule has 8 heteroatoms. The van der Waals surface area contributed by atoms with Crippen molar-refractivity contribution < 1.29 is 9.57 Å². The Labute approximate surface area is 184 Å². The fraction of sp³-hybridized carbons (Fsp3) is 0.565. The summed E-state index contributed by atoms with van der Waals surface area (Å²) in [5.74, 6) is 2.20. The predicted octanol–water partition coefficient (Wildman–Crippen LogP) is 2.77. The van der Waals surface area contributed by atoms with Crippen LogP contribution in [0.25, 0.3) is 0 Å². The van der Waals surface area contributed by atoms with Crippen LogP contribution in [0.5, 0.6) is 5.75 Å². The van der Waals surface area contributed by atoms with E-state index in [-0.39, 0.29) is 0 Å². The average molecular weight is 427 g/mol. The summed E-state index contributed by atoms with van der Waals surface area (Å²) in [6, 6.07) is 8.32. The lowest BCUT2D eigenvalue weighted by Crippen LogP contribution is -2.43. The van der Waals surface area contributed by atoms with Crippen LogP contribution in [0, 0.1) is 5.92 Å². The van der Waals surface area contributed by atoms with Crippen molar-refractivity contribution in [1.82, 2.24) is 25.1 Å². The van der Waals surface area contributed by atoms with E-state index in [0.29, 0.717) is 19.0 Å². The number of benzene rings is 1. The highest BCUT2D eigenvalue weighted by Gasteiger charge is 2.40. The number of nitrogens with zero attached hydrogens (tertiary/aromatic N) is 5. The normalized spacial score (nSPS) is 18.3. The molecule has 0 atom stereocenters. The van der Waals surface area contributed by atoms with Gasteiger partial charge in [0, 0.05) is 57.8 Å². The third-order valence-corrected chi connectivity index (χ3v) is 5.72. The summed E-state index contributed by atoms with van der Waals surface area (Å²) in [5, 5.41) is 4.32. The number of rotatable bonds is 7. The summed E-state index contributed by atoms with van der Waals surface area (Å²) in [7, 11) is 4.08. The second-order valence-electron chi connectivity index (χ2n) is 9.12. The van der Waals surface area contributed by atoms with Crippen molar-refractivity contribution in [2.24, 2.45) is 18.0 Å². The van der Waals surface area contributed by atoms with E-state index in [1.165, 1.54) is 5.56 Å². The number of aryl methyl sites for hydroxylation is 1. The summed E-state index contributed by atoms with van der Waals surface area (Å²) in [6.45, 7) is 8.41. The maximum absolute atomic E-state index is 6.01. The number of hydrogen-bond donors (Lipinski definition) is 1.